The van der Waals surface area contributed by atoms with Gasteiger partial charge in [0.1, 0.15) is 0 Å². The lowest BCUT2D eigenvalue weighted by molar-refractivity contribution is -0.134. The van der Waals surface area contributed by atoms with Crippen molar-refractivity contribution in [3.05, 3.63) is 34.3 Å². The van der Waals surface area contributed by atoms with Gasteiger partial charge in [0.05, 0.1) is 19.8 Å². The third-order valence-electron chi connectivity index (χ3n) is 3.42. The number of carbonyl (C=O) groups excluding carboxylic acids is 1. The molecule has 1 aliphatic rings. The van der Waals surface area contributed by atoms with E-state index in [1.165, 1.54) is 5.56 Å². The summed E-state index contributed by atoms with van der Waals surface area (Å²) in [7, 11) is 0. The number of nitrogens with one attached hydrogen (secondary N) is 1. The van der Waals surface area contributed by atoms with Gasteiger partial charge in [0, 0.05) is 23.6 Å². The van der Waals surface area contributed by atoms with E-state index < -0.39 is 0 Å². The van der Waals surface area contributed by atoms with Crippen LogP contribution in [-0.2, 0) is 16.0 Å². The van der Waals surface area contributed by atoms with Crippen LogP contribution in [0.1, 0.15) is 12.5 Å². The fourth-order valence-corrected chi connectivity index (χ4v) is 2.50. The first-order valence-electron chi connectivity index (χ1n) is 6.98. The number of hydrogen-bond donors (Lipinski definition) is 1. The average Bonchev–Trinajstić information content (AvgIpc) is 2.48. The molecular formula is C15H21BrN2O2. The molecule has 20 heavy (non-hydrogen) atoms. The van der Waals surface area contributed by atoms with Crippen molar-refractivity contribution >= 4 is 21.8 Å². The molecule has 0 aromatic heterocycles. The fourth-order valence-electron chi connectivity index (χ4n) is 2.23. The van der Waals surface area contributed by atoms with Crippen LogP contribution in [0.4, 0.5) is 0 Å². The molecule has 1 aromatic rings. The number of morpholine rings is 1. The van der Waals surface area contributed by atoms with Crippen LogP contribution in [0, 0.1) is 0 Å². The zero-order valence-electron chi connectivity index (χ0n) is 11.8. The Kier molecular flexibility index (Phi) is 6.01. The molecule has 1 unspecified atom stereocenters. The van der Waals surface area contributed by atoms with E-state index in [9.17, 15) is 4.79 Å². The molecule has 0 saturated carbocycles. The minimum Gasteiger partial charge on any atom is -0.378 e. The van der Waals surface area contributed by atoms with Gasteiger partial charge in [0.25, 0.3) is 0 Å². The maximum atomic E-state index is 12.0. The number of carbonyl (C=O) groups is 1. The summed E-state index contributed by atoms with van der Waals surface area (Å²) in [6.07, 6.45) is 0.920. The van der Waals surface area contributed by atoms with Crippen molar-refractivity contribution in [3.8, 4) is 0 Å². The van der Waals surface area contributed by atoms with Crippen LogP contribution in [0.25, 0.3) is 0 Å². The lowest BCUT2D eigenvalue weighted by Gasteiger charge is -2.27. The van der Waals surface area contributed by atoms with Gasteiger partial charge in [0.15, 0.2) is 0 Å². The molecule has 0 spiro atoms. The van der Waals surface area contributed by atoms with E-state index in [0.29, 0.717) is 32.8 Å². The van der Waals surface area contributed by atoms with Gasteiger partial charge in [0.2, 0.25) is 5.91 Å². The molecule has 0 aliphatic carbocycles. The number of amides is 1. The van der Waals surface area contributed by atoms with E-state index in [1.54, 1.807) is 0 Å². The zero-order chi connectivity index (χ0) is 14.4. The monoisotopic (exact) mass is 340 g/mol. The number of rotatable bonds is 5. The molecule has 1 heterocycles. The quantitative estimate of drug-likeness (QED) is 0.889. The largest absolute Gasteiger partial charge is 0.378 e. The van der Waals surface area contributed by atoms with E-state index in [2.05, 4.69) is 40.3 Å². The number of hydrogen-bond acceptors (Lipinski definition) is 3. The SMILES string of the molecule is CC(Cc1ccc(Br)cc1)NCC(=O)N1CCOCC1. The van der Waals surface area contributed by atoms with Crippen molar-refractivity contribution in [3.63, 3.8) is 0 Å². The molecule has 1 saturated heterocycles. The average molecular weight is 341 g/mol. The smallest absolute Gasteiger partial charge is 0.236 e. The Labute approximate surface area is 128 Å². The molecule has 0 bridgehead atoms. The van der Waals surface area contributed by atoms with Gasteiger partial charge in [-0.2, -0.15) is 0 Å². The van der Waals surface area contributed by atoms with Crippen LogP contribution in [0.5, 0.6) is 0 Å². The van der Waals surface area contributed by atoms with Gasteiger partial charge >= 0.3 is 0 Å². The fraction of sp³-hybridized carbons (Fsp3) is 0.533. The summed E-state index contributed by atoms with van der Waals surface area (Å²) in [5, 5.41) is 3.30. The Bertz CT molecular complexity index is 430. The first-order chi connectivity index (χ1) is 9.65. The Morgan fingerprint density at radius 3 is 2.65 bits per heavy atom. The van der Waals surface area contributed by atoms with E-state index in [-0.39, 0.29) is 11.9 Å². The Morgan fingerprint density at radius 2 is 2.00 bits per heavy atom. The summed E-state index contributed by atoms with van der Waals surface area (Å²) in [5.74, 6) is 0.163. The summed E-state index contributed by atoms with van der Waals surface area (Å²) in [6.45, 7) is 5.23. The van der Waals surface area contributed by atoms with E-state index in [0.717, 1.165) is 10.9 Å². The third-order valence-corrected chi connectivity index (χ3v) is 3.95. The summed E-state index contributed by atoms with van der Waals surface area (Å²) >= 11 is 3.43. The second-order valence-corrected chi connectivity index (χ2v) is 6.02. The molecule has 1 amide bonds. The van der Waals surface area contributed by atoms with Crippen LogP contribution < -0.4 is 5.32 Å². The number of ether oxygens (including phenoxy) is 1. The molecule has 0 radical (unpaired) electrons. The summed E-state index contributed by atoms with van der Waals surface area (Å²) in [5.41, 5.74) is 1.27. The molecule has 1 N–H and O–H groups in total. The Morgan fingerprint density at radius 1 is 1.35 bits per heavy atom. The minimum atomic E-state index is 0.163. The number of benzene rings is 1. The lowest BCUT2D eigenvalue weighted by Crippen LogP contribution is -2.46. The molecule has 1 aliphatic heterocycles. The van der Waals surface area contributed by atoms with Gasteiger partial charge in [-0.25, -0.2) is 0 Å². The zero-order valence-corrected chi connectivity index (χ0v) is 13.4. The van der Waals surface area contributed by atoms with Gasteiger partial charge in [-0.1, -0.05) is 28.1 Å². The first kappa shape index (κ1) is 15.5. The minimum absolute atomic E-state index is 0.163. The molecule has 1 atom stereocenters. The highest BCUT2D eigenvalue weighted by Crippen LogP contribution is 2.11. The summed E-state index contributed by atoms with van der Waals surface area (Å²) in [4.78, 5) is 13.9. The maximum absolute atomic E-state index is 12.0. The maximum Gasteiger partial charge on any atom is 0.236 e. The predicted octanol–water partition coefficient (Wildman–Crippen LogP) is 1.83. The van der Waals surface area contributed by atoms with Crippen molar-refractivity contribution in [2.24, 2.45) is 0 Å². The predicted molar refractivity (Wildman–Crippen MR) is 82.7 cm³/mol. The topological polar surface area (TPSA) is 41.6 Å². The molecule has 4 nitrogen and oxygen atoms in total. The van der Waals surface area contributed by atoms with Gasteiger partial charge in [-0.15, -0.1) is 0 Å². The highest BCUT2D eigenvalue weighted by atomic mass is 79.9. The molecular weight excluding hydrogens is 320 g/mol. The van der Waals surface area contributed by atoms with Crippen molar-refractivity contribution in [2.75, 3.05) is 32.8 Å². The molecule has 1 aromatic carbocycles. The number of nitrogens with zero attached hydrogens (tertiary/aromatic N) is 1. The highest BCUT2D eigenvalue weighted by molar-refractivity contribution is 9.10. The molecule has 110 valence electrons. The van der Waals surface area contributed by atoms with Crippen LogP contribution in [0.3, 0.4) is 0 Å². The van der Waals surface area contributed by atoms with Crippen molar-refractivity contribution in [2.45, 2.75) is 19.4 Å². The van der Waals surface area contributed by atoms with E-state index in [1.807, 2.05) is 17.0 Å². The van der Waals surface area contributed by atoms with Crippen molar-refractivity contribution < 1.29 is 9.53 Å². The van der Waals surface area contributed by atoms with Crippen molar-refractivity contribution in [1.29, 1.82) is 0 Å². The van der Waals surface area contributed by atoms with Gasteiger partial charge < -0.3 is 15.0 Å². The summed E-state index contributed by atoms with van der Waals surface area (Å²) < 4.78 is 6.33. The normalized spacial score (nSPS) is 17.0. The number of halogens is 1. The standard InChI is InChI=1S/C15H21BrN2O2/c1-12(10-13-2-4-14(16)5-3-13)17-11-15(19)18-6-8-20-9-7-18/h2-5,12,17H,6-11H2,1H3. The van der Waals surface area contributed by atoms with Crippen LogP contribution >= 0.6 is 15.9 Å². The van der Waals surface area contributed by atoms with Crippen LogP contribution in [-0.4, -0.2) is 49.7 Å². The second kappa shape index (κ2) is 7.76. The van der Waals surface area contributed by atoms with Gasteiger partial charge in [-0.3, -0.25) is 4.79 Å². The highest BCUT2D eigenvalue weighted by Gasteiger charge is 2.16. The van der Waals surface area contributed by atoms with Crippen LogP contribution in [0.2, 0.25) is 0 Å². The molecule has 1 fully saturated rings. The van der Waals surface area contributed by atoms with E-state index in [4.69, 9.17) is 4.74 Å². The Hall–Kier alpha value is -0.910. The second-order valence-electron chi connectivity index (χ2n) is 5.11. The first-order valence-corrected chi connectivity index (χ1v) is 7.78. The van der Waals surface area contributed by atoms with Crippen LogP contribution in [0.15, 0.2) is 28.7 Å². The molecule has 5 heteroatoms. The Balaban J connectivity index is 1.72. The van der Waals surface area contributed by atoms with Gasteiger partial charge in [-0.05, 0) is 31.0 Å². The lowest BCUT2D eigenvalue weighted by atomic mass is 10.1. The molecule has 2 rings (SSSR count). The summed E-state index contributed by atoms with van der Waals surface area (Å²) in [6, 6.07) is 8.57. The third kappa shape index (κ3) is 4.89. The van der Waals surface area contributed by atoms with Crippen molar-refractivity contribution in [1.82, 2.24) is 10.2 Å². The van der Waals surface area contributed by atoms with E-state index >= 15 is 0 Å².